The molecule has 0 spiro atoms. The van der Waals surface area contributed by atoms with Gasteiger partial charge in [-0.25, -0.2) is 4.79 Å². The van der Waals surface area contributed by atoms with Crippen molar-refractivity contribution in [2.45, 2.75) is 33.7 Å². The van der Waals surface area contributed by atoms with Crippen LogP contribution in [0, 0.1) is 12.8 Å². The predicted molar refractivity (Wildman–Crippen MR) is 97.7 cm³/mol. The summed E-state index contributed by atoms with van der Waals surface area (Å²) in [4.78, 5) is 11.7. The van der Waals surface area contributed by atoms with Gasteiger partial charge in [-0.15, -0.1) is 0 Å². The summed E-state index contributed by atoms with van der Waals surface area (Å²) in [6, 6.07) is 16.3. The molecule has 0 saturated heterocycles. The lowest BCUT2D eigenvalue weighted by atomic mass is 10.0. The summed E-state index contributed by atoms with van der Waals surface area (Å²) in [6.45, 7) is 6.99. The van der Waals surface area contributed by atoms with Gasteiger partial charge in [0.2, 0.25) is 0 Å². The predicted octanol–water partition coefficient (Wildman–Crippen LogP) is 4.89. The largest absolute Gasteiger partial charge is 0.477 e. The minimum atomic E-state index is -0.885. The maximum Gasteiger partial charge on any atom is 0.352 e. The molecule has 0 aliphatic heterocycles. The molecule has 1 N–H and O–H groups in total. The van der Waals surface area contributed by atoms with Gasteiger partial charge in [-0.3, -0.25) is 0 Å². The fourth-order valence-corrected chi connectivity index (χ4v) is 3.14. The van der Waals surface area contributed by atoms with E-state index in [1.807, 2.05) is 17.6 Å². The lowest BCUT2D eigenvalue weighted by Crippen LogP contribution is -2.09. The van der Waals surface area contributed by atoms with Crippen LogP contribution in [0.2, 0.25) is 0 Å². The van der Waals surface area contributed by atoms with E-state index in [0.29, 0.717) is 18.2 Å². The van der Waals surface area contributed by atoms with E-state index in [1.54, 1.807) is 6.07 Å². The minimum Gasteiger partial charge on any atom is -0.477 e. The number of carboxylic acid groups (broad SMARTS) is 1. The molecular weight excluding hydrogens is 298 g/mol. The number of carbonyl (C=O) groups is 1. The molecule has 124 valence electrons. The standard InChI is InChI=1S/C21H23NO2/c1-14(2)10-17-8-9-19-18(11-17)12-20(21(23)24)22(19)13-16-6-4-15(3)5-7-16/h4-9,11-12,14H,10,13H2,1-3H3,(H,23,24). The molecule has 1 heterocycles. The molecule has 0 atom stereocenters. The van der Waals surface area contributed by atoms with Crippen LogP contribution in [-0.2, 0) is 13.0 Å². The summed E-state index contributed by atoms with van der Waals surface area (Å²) < 4.78 is 1.89. The zero-order chi connectivity index (χ0) is 17.3. The minimum absolute atomic E-state index is 0.340. The first-order valence-corrected chi connectivity index (χ1v) is 8.35. The van der Waals surface area contributed by atoms with Crippen molar-refractivity contribution in [2.24, 2.45) is 5.92 Å². The average molecular weight is 321 g/mol. The molecule has 24 heavy (non-hydrogen) atoms. The average Bonchev–Trinajstić information content (AvgIpc) is 2.87. The van der Waals surface area contributed by atoms with Crippen molar-refractivity contribution in [3.8, 4) is 0 Å². The third-order valence-corrected chi connectivity index (χ3v) is 4.29. The molecule has 3 nitrogen and oxygen atoms in total. The summed E-state index contributed by atoms with van der Waals surface area (Å²) in [5.74, 6) is -0.306. The Labute approximate surface area is 142 Å². The lowest BCUT2D eigenvalue weighted by Gasteiger charge is -2.10. The molecule has 0 bridgehead atoms. The van der Waals surface area contributed by atoms with Crippen LogP contribution in [-0.4, -0.2) is 15.6 Å². The normalized spacial score (nSPS) is 11.3. The molecule has 3 rings (SSSR count). The number of aromatic carboxylic acids is 1. The van der Waals surface area contributed by atoms with Crippen LogP contribution < -0.4 is 0 Å². The van der Waals surface area contributed by atoms with Crippen molar-refractivity contribution in [3.63, 3.8) is 0 Å². The highest BCUT2D eigenvalue weighted by Gasteiger charge is 2.15. The maximum atomic E-state index is 11.7. The highest BCUT2D eigenvalue weighted by molar-refractivity contribution is 5.95. The molecule has 0 aliphatic carbocycles. The first-order chi connectivity index (χ1) is 11.4. The van der Waals surface area contributed by atoms with Gasteiger partial charge in [0.05, 0.1) is 0 Å². The number of fused-ring (bicyclic) bond motifs is 1. The highest BCUT2D eigenvalue weighted by Crippen LogP contribution is 2.24. The van der Waals surface area contributed by atoms with Gasteiger partial charge in [-0.2, -0.15) is 0 Å². The first kappa shape index (κ1) is 16.3. The highest BCUT2D eigenvalue weighted by atomic mass is 16.4. The van der Waals surface area contributed by atoms with Crippen LogP contribution in [0.25, 0.3) is 10.9 Å². The maximum absolute atomic E-state index is 11.7. The van der Waals surface area contributed by atoms with Crippen LogP contribution >= 0.6 is 0 Å². The van der Waals surface area contributed by atoms with Gasteiger partial charge < -0.3 is 9.67 Å². The van der Waals surface area contributed by atoms with Gasteiger partial charge in [0, 0.05) is 17.4 Å². The van der Waals surface area contributed by atoms with E-state index in [0.717, 1.165) is 22.9 Å². The zero-order valence-corrected chi connectivity index (χ0v) is 14.4. The Kier molecular flexibility index (Phi) is 4.43. The van der Waals surface area contributed by atoms with Crippen molar-refractivity contribution >= 4 is 16.9 Å². The second-order valence-corrected chi connectivity index (χ2v) is 6.90. The Balaban J connectivity index is 2.05. The number of carboxylic acids is 1. The summed E-state index contributed by atoms with van der Waals surface area (Å²) in [6.07, 6.45) is 1.00. The summed E-state index contributed by atoms with van der Waals surface area (Å²) >= 11 is 0. The van der Waals surface area contributed by atoms with Crippen molar-refractivity contribution in [1.29, 1.82) is 0 Å². The number of benzene rings is 2. The van der Waals surface area contributed by atoms with Gasteiger partial charge in [0.25, 0.3) is 0 Å². The van der Waals surface area contributed by atoms with Gasteiger partial charge >= 0.3 is 5.97 Å². The summed E-state index contributed by atoms with van der Waals surface area (Å²) in [7, 11) is 0. The topological polar surface area (TPSA) is 42.2 Å². The fourth-order valence-electron chi connectivity index (χ4n) is 3.14. The molecule has 0 amide bonds. The molecule has 2 aromatic carbocycles. The second-order valence-electron chi connectivity index (χ2n) is 6.90. The van der Waals surface area contributed by atoms with Crippen molar-refractivity contribution in [3.05, 3.63) is 70.9 Å². The van der Waals surface area contributed by atoms with E-state index in [-0.39, 0.29) is 0 Å². The van der Waals surface area contributed by atoms with E-state index in [2.05, 4.69) is 50.2 Å². The van der Waals surface area contributed by atoms with Crippen molar-refractivity contribution in [2.75, 3.05) is 0 Å². The van der Waals surface area contributed by atoms with Crippen LogP contribution in [0.5, 0.6) is 0 Å². The third-order valence-electron chi connectivity index (χ3n) is 4.29. The summed E-state index contributed by atoms with van der Waals surface area (Å²) in [5.41, 5.74) is 4.87. The smallest absolute Gasteiger partial charge is 0.352 e. The van der Waals surface area contributed by atoms with Crippen molar-refractivity contribution < 1.29 is 9.90 Å². The number of hydrogen-bond donors (Lipinski definition) is 1. The Morgan fingerprint density at radius 1 is 1.04 bits per heavy atom. The van der Waals surface area contributed by atoms with Gasteiger partial charge in [-0.05, 0) is 48.6 Å². The fraction of sp³-hybridized carbons (Fsp3) is 0.286. The summed E-state index contributed by atoms with van der Waals surface area (Å²) in [5, 5.41) is 10.6. The quantitative estimate of drug-likeness (QED) is 0.726. The molecule has 0 unspecified atom stereocenters. The van der Waals surface area contributed by atoms with E-state index in [4.69, 9.17) is 0 Å². The SMILES string of the molecule is Cc1ccc(Cn2c(C(=O)O)cc3cc(CC(C)C)ccc32)cc1. The zero-order valence-electron chi connectivity index (χ0n) is 14.4. The van der Waals surface area contributed by atoms with Crippen LogP contribution in [0.3, 0.4) is 0 Å². The Bertz CT molecular complexity index is 873. The van der Waals surface area contributed by atoms with Gasteiger partial charge in [-0.1, -0.05) is 49.7 Å². The molecule has 0 saturated carbocycles. The van der Waals surface area contributed by atoms with Crippen LogP contribution in [0.15, 0.2) is 48.5 Å². The van der Waals surface area contributed by atoms with E-state index in [9.17, 15) is 9.90 Å². The molecule has 0 fully saturated rings. The number of aryl methyl sites for hydroxylation is 1. The molecule has 3 heteroatoms. The van der Waals surface area contributed by atoms with E-state index < -0.39 is 5.97 Å². The van der Waals surface area contributed by atoms with Crippen LogP contribution in [0.4, 0.5) is 0 Å². The van der Waals surface area contributed by atoms with Crippen molar-refractivity contribution in [1.82, 2.24) is 4.57 Å². The number of nitrogens with zero attached hydrogens (tertiary/aromatic N) is 1. The third kappa shape index (κ3) is 3.35. The Morgan fingerprint density at radius 3 is 2.33 bits per heavy atom. The number of aromatic nitrogens is 1. The Hall–Kier alpha value is -2.55. The number of rotatable bonds is 5. The molecular formula is C21H23NO2. The number of hydrogen-bond acceptors (Lipinski definition) is 1. The second kappa shape index (κ2) is 6.52. The molecule has 1 aromatic heterocycles. The van der Waals surface area contributed by atoms with Gasteiger partial charge in [0.1, 0.15) is 5.69 Å². The lowest BCUT2D eigenvalue weighted by molar-refractivity contribution is 0.0686. The van der Waals surface area contributed by atoms with E-state index >= 15 is 0 Å². The molecule has 3 aromatic rings. The van der Waals surface area contributed by atoms with Gasteiger partial charge in [0.15, 0.2) is 0 Å². The molecule has 0 aliphatic rings. The monoisotopic (exact) mass is 321 g/mol. The Morgan fingerprint density at radius 2 is 1.71 bits per heavy atom. The van der Waals surface area contributed by atoms with Crippen LogP contribution in [0.1, 0.15) is 41.0 Å². The first-order valence-electron chi connectivity index (χ1n) is 8.35. The van der Waals surface area contributed by atoms with E-state index in [1.165, 1.54) is 11.1 Å². The molecule has 0 radical (unpaired) electrons.